The lowest BCUT2D eigenvalue weighted by molar-refractivity contribution is -0.124. The van der Waals surface area contributed by atoms with Gasteiger partial charge in [-0.1, -0.05) is 11.6 Å². The van der Waals surface area contributed by atoms with E-state index in [4.69, 9.17) is 16.7 Å². The molecule has 2 aromatic heterocycles. The topological polar surface area (TPSA) is 131 Å². The molecule has 10 nitrogen and oxygen atoms in total. The lowest BCUT2D eigenvalue weighted by Gasteiger charge is -2.12. The molecule has 11 heteroatoms. The van der Waals surface area contributed by atoms with Crippen molar-refractivity contribution in [3.8, 4) is 0 Å². The van der Waals surface area contributed by atoms with Crippen molar-refractivity contribution in [2.24, 2.45) is 7.05 Å². The van der Waals surface area contributed by atoms with Crippen LogP contribution in [0.15, 0.2) is 12.4 Å². The van der Waals surface area contributed by atoms with E-state index in [1.165, 1.54) is 21.8 Å². The number of amides is 2. The number of carbonyl (C=O) groups is 3. The van der Waals surface area contributed by atoms with Crippen LogP contribution in [0.2, 0.25) is 5.02 Å². The Balaban J connectivity index is 1.81. The van der Waals surface area contributed by atoms with Gasteiger partial charge < -0.3 is 15.7 Å². The number of halogens is 1. The highest BCUT2D eigenvalue weighted by molar-refractivity contribution is 6.34. The molecular formula is C15H19ClN6O4. The van der Waals surface area contributed by atoms with E-state index in [0.717, 1.165) is 0 Å². The van der Waals surface area contributed by atoms with Gasteiger partial charge in [-0.2, -0.15) is 10.2 Å². The molecule has 0 spiro atoms. The molecule has 0 aromatic carbocycles. The second-order valence-electron chi connectivity index (χ2n) is 5.61. The van der Waals surface area contributed by atoms with Crippen LogP contribution in [0.25, 0.3) is 0 Å². The van der Waals surface area contributed by atoms with Crippen molar-refractivity contribution in [2.45, 2.75) is 19.9 Å². The highest BCUT2D eigenvalue weighted by Crippen LogP contribution is 2.18. The zero-order chi connectivity index (χ0) is 19.4. The van der Waals surface area contributed by atoms with Gasteiger partial charge in [0.2, 0.25) is 5.91 Å². The summed E-state index contributed by atoms with van der Waals surface area (Å²) >= 11 is 6.04. The normalized spacial score (nSPS) is 11.8. The summed E-state index contributed by atoms with van der Waals surface area (Å²) in [5, 5.41) is 22.3. The number of carboxylic acid groups (broad SMARTS) is 1. The van der Waals surface area contributed by atoms with Crippen molar-refractivity contribution in [3.05, 3.63) is 34.4 Å². The molecule has 2 aromatic rings. The first kappa shape index (κ1) is 19.4. The molecule has 2 amide bonds. The second-order valence-corrected chi connectivity index (χ2v) is 5.99. The van der Waals surface area contributed by atoms with Gasteiger partial charge in [-0.25, -0.2) is 4.79 Å². The van der Waals surface area contributed by atoms with Crippen molar-refractivity contribution in [1.82, 2.24) is 30.2 Å². The Morgan fingerprint density at radius 1 is 1.31 bits per heavy atom. The Hall–Kier alpha value is -2.88. The van der Waals surface area contributed by atoms with Crippen LogP contribution in [-0.2, 0) is 11.8 Å². The maximum atomic E-state index is 12.1. The maximum Gasteiger partial charge on any atom is 0.338 e. The minimum Gasteiger partial charge on any atom is -0.478 e. The summed E-state index contributed by atoms with van der Waals surface area (Å²) in [6.45, 7) is 3.70. The highest BCUT2D eigenvalue weighted by Gasteiger charge is 2.19. The van der Waals surface area contributed by atoms with Crippen LogP contribution >= 0.6 is 11.6 Å². The van der Waals surface area contributed by atoms with Gasteiger partial charge >= 0.3 is 5.97 Å². The van der Waals surface area contributed by atoms with Gasteiger partial charge in [0.05, 0.1) is 22.5 Å². The third kappa shape index (κ3) is 4.20. The summed E-state index contributed by atoms with van der Waals surface area (Å²) in [6.07, 6.45) is 2.45. The smallest absolute Gasteiger partial charge is 0.338 e. The van der Waals surface area contributed by atoms with E-state index in [9.17, 15) is 14.4 Å². The summed E-state index contributed by atoms with van der Waals surface area (Å²) < 4.78 is 2.77. The predicted molar refractivity (Wildman–Crippen MR) is 92.2 cm³/mol. The number of hydrogen-bond acceptors (Lipinski definition) is 5. The number of aromatic carboxylic acids is 1. The Kier molecular flexibility index (Phi) is 5.98. The number of aryl methyl sites for hydroxylation is 1. The summed E-state index contributed by atoms with van der Waals surface area (Å²) in [5.74, 6) is -1.90. The summed E-state index contributed by atoms with van der Waals surface area (Å²) in [6, 6.07) is -0.688. The molecule has 3 N–H and O–H groups in total. The molecule has 0 aliphatic heterocycles. The van der Waals surface area contributed by atoms with Gasteiger partial charge in [0.1, 0.15) is 6.04 Å². The molecule has 0 saturated heterocycles. The summed E-state index contributed by atoms with van der Waals surface area (Å²) in [4.78, 5) is 34.9. The largest absolute Gasteiger partial charge is 0.478 e. The first-order valence-corrected chi connectivity index (χ1v) is 8.12. The third-order valence-corrected chi connectivity index (χ3v) is 4.26. The van der Waals surface area contributed by atoms with Crippen LogP contribution < -0.4 is 10.6 Å². The molecular weight excluding hydrogens is 364 g/mol. The van der Waals surface area contributed by atoms with Crippen LogP contribution in [0, 0.1) is 6.92 Å². The number of carboxylic acids is 1. The number of nitrogens with one attached hydrogen (secondary N) is 2. The van der Waals surface area contributed by atoms with Crippen molar-refractivity contribution >= 4 is 29.4 Å². The minimum atomic E-state index is -1.12. The molecule has 0 saturated carbocycles. The first-order chi connectivity index (χ1) is 12.2. The third-order valence-electron chi connectivity index (χ3n) is 3.81. The van der Waals surface area contributed by atoms with E-state index in [-0.39, 0.29) is 35.3 Å². The fourth-order valence-electron chi connectivity index (χ4n) is 2.10. The molecule has 0 fully saturated rings. The maximum absolute atomic E-state index is 12.1. The molecule has 1 atom stereocenters. The van der Waals surface area contributed by atoms with E-state index in [0.29, 0.717) is 5.69 Å². The van der Waals surface area contributed by atoms with Gasteiger partial charge in [0.15, 0.2) is 5.69 Å². The average molecular weight is 383 g/mol. The van der Waals surface area contributed by atoms with E-state index in [1.54, 1.807) is 20.9 Å². The molecule has 26 heavy (non-hydrogen) atoms. The van der Waals surface area contributed by atoms with Crippen molar-refractivity contribution in [1.29, 1.82) is 0 Å². The van der Waals surface area contributed by atoms with Crippen molar-refractivity contribution < 1.29 is 19.5 Å². The molecule has 1 unspecified atom stereocenters. The quantitative estimate of drug-likeness (QED) is 0.593. The van der Waals surface area contributed by atoms with Crippen LogP contribution in [0.4, 0.5) is 0 Å². The number of aromatic nitrogens is 4. The van der Waals surface area contributed by atoms with E-state index in [2.05, 4.69) is 20.8 Å². The predicted octanol–water partition coefficient (Wildman–Crippen LogP) is 0.384. The molecule has 0 radical (unpaired) electrons. The minimum absolute atomic E-state index is 0.000512. The van der Waals surface area contributed by atoms with Gasteiger partial charge in [0, 0.05) is 26.3 Å². The second kappa shape index (κ2) is 8.00. The summed E-state index contributed by atoms with van der Waals surface area (Å²) in [5.41, 5.74) is 0.808. The zero-order valence-corrected chi connectivity index (χ0v) is 15.2. The lowest BCUT2D eigenvalue weighted by atomic mass is 10.3. The first-order valence-electron chi connectivity index (χ1n) is 7.74. The Labute approximate surface area is 154 Å². The van der Waals surface area contributed by atoms with Gasteiger partial charge in [-0.15, -0.1) is 0 Å². The van der Waals surface area contributed by atoms with Crippen molar-refractivity contribution in [3.63, 3.8) is 0 Å². The standard InChI is InChI=1S/C15H19ClN6O4/c1-8-11(16)12(20-21(8)3)14(24)18-5-4-17-13(23)9(2)22-7-10(6-19-22)15(25)26/h6-7,9H,4-5H2,1-3H3,(H,17,23)(H,18,24)(H,25,26). The molecule has 2 heterocycles. The number of hydrogen-bond donors (Lipinski definition) is 3. The fourth-order valence-corrected chi connectivity index (χ4v) is 2.35. The fraction of sp³-hybridized carbons (Fsp3) is 0.400. The number of rotatable bonds is 7. The zero-order valence-electron chi connectivity index (χ0n) is 14.5. The van der Waals surface area contributed by atoms with Crippen LogP contribution in [0.3, 0.4) is 0 Å². The number of nitrogens with zero attached hydrogens (tertiary/aromatic N) is 4. The van der Waals surface area contributed by atoms with E-state index in [1.807, 2.05) is 0 Å². The highest BCUT2D eigenvalue weighted by atomic mass is 35.5. The Morgan fingerprint density at radius 2 is 1.96 bits per heavy atom. The SMILES string of the molecule is Cc1c(Cl)c(C(=O)NCCNC(=O)C(C)n2cc(C(=O)O)cn2)nn1C. The van der Waals surface area contributed by atoms with E-state index >= 15 is 0 Å². The van der Waals surface area contributed by atoms with Crippen LogP contribution in [0.5, 0.6) is 0 Å². The molecule has 0 bridgehead atoms. The van der Waals surface area contributed by atoms with Crippen molar-refractivity contribution in [2.75, 3.05) is 13.1 Å². The lowest BCUT2D eigenvalue weighted by Crippen LogP contribution is -2.38. The average Bonchev–Trinajstić information content (AvgIpc) is 3.19. The Bertz CT molecular complexity index is 843. The Morgan fingerprint density at radius 3 is 2.50 bits per heavy atom. The van der Waals surface area contributed by atoms with Crippen LogP contribution in [0.1, 0.15) is 39.5 Å². The van der Waals surface area contributed by atoms with Gasteiger partial charge in [0.25, 0.3) is 5.91 Å². The van der Waals surface area contributed by atoms with Gasteiger partial charge in [-0.3, -0.25) is 19.0 Å². The van der Waals surface area contributed by atoms with Crippen LogP contribution in [-0.4, -0.2) is 55.5 Å². The number of carbonyl (C=O) groups excluding carboxylic acids is 2. The monoisotopic (exact) mass is 382 g/mol. The molecule has 2 rings (SSSR count). The molecule has 0 aliphatic carbocycles. The van der Waals surface area contributed by atoms with E-state index < -0.39 is 17.9 Å². The molecule has 140 valence electrons. The van der Waals surface area contributed by atoms with Gasteiger partial charge in [-0.05, 0) is 13.8 Å². The molecule has 0 aliphatic rings. The summed E-state index contributed by atoms with van der Waals surface area (Å²) in [7, 11) is 1.69.